The van der Waals surface area contributed by atoms with E-state index in [4.69, 9.17) is 0 Å². The van der Waals surface area contributed by atoms with Gasteiger partial charge in [-0.05, 0) is 68.9 Å². The minimum absolute atomic E-state index is 0.195. The number of benzene rings is 1. The monoisotopic (exact) mass is 394 g/mol. The van der Waals surface area contributed by atoms with Crippen molar-refractivity contribution in [3.8, 4) is 10.6 Å². The van der Waals surface area contributed by atoms with Gasteiger partial charge in [-0.3, -0.25) is 9.59 Å². The number of nitrogens with zero attached hydrogens (tertiary/aromatic N) is 3. The molecule has 4 rings (SSSR count). The Hall–Kier alpha value is -2.80. The van der Waals surface area contributed by atoms with Crippen LogP contribution in [-0.2, 0) is 19.9 Å². The van der Waals surface area contributed by atoms with Crippen molar-refractivity contribution in [1.29, 1.82) is 0 Å². The summed E-state index contributed by atoms with van der Waals surface area (Å²) in [5, 5.41) is 7.75. The fourth-order valence-electron chi connectivity index (χ4n) is 3.65. The summed E-state index contributed by atoms with van der Waals surface area (Å²) < 4.78 is 1.32. The van der Waals surface area contributed by atoms with E-state index in [0.717, 1.165) is 29.8 Å². The number of rotatable bonds is 3. The zero-order valence-electron chi connectivity index (χ0n) is 16.4. The molecule has 6 nitrogen and oxygen atoms in total. The highest BCUT2D eigenvalue weighted by molar-refractivity contribution is 7.17. The molecule has 0 aliphatic heterocycles. The van der Waals surface area contributed by atoms with Crippen molar-refractivity contribution in [3.63, 3.8) is 0 Å². The molecule has 3 aromatic rings. The Morgan fingerprint density at radius 3 is 2.68 bits per heavy atom. The Balaban J connectivity index is 1.67. The van der Waals surface area contributed by atoms with Crippen LogP contribution in [0.25, 0.3) is 10.6 Å². The van der Waals surface area contributed by atoms with Crippen LogP contribution in [0, 0.1) is 20.8 Å². The molecular weight excluding hydrogens is 372 g/mol. The van der Waals surface area contributed by atoms with Crippen molar-refractivity contribution in [1.82, 2.24) is 14.8 Å². The second-order valence-electron chi connectivity index (χ2n) is 7.24. The Kier molecular flexibility index (Phi) is 4.63. The first-order valence-electron chi connectivity index (χ1n) is 9.30. The van der Waals surface area contributed by atoms with E-state index in [-0.39, 0.29) is 11.5 Å². The van der Waals surface area contributed by atoms with E-state index in [2.05, 4.69) is 27.5 Å². The van der Waals surface area contributed by atoms with E-state index in [9.17, 15) is 9.59 Å². The van der Waals surface area contributed by atoms with E-state index in [1.54, 1.807) is 14.0 Å². The largest absolute Gasteiger partial charge is 0.321 e. The van der Waals surface area contributed by atoms with Gasteiger partial charge in [-0.1, -0.05) is 6.07 Å². The highest BCUT2D eigenvalue weighted by atomic mass is 32.1. The van der Waals surface area contributed by atoms with Gasteiger partial charge in [0, 0.05) is 12.7 Å². The molecule has 1 aliphatic rings. The number of nitrogens with one attached hydrogen (secondary N) is 1. The van der Waals surface area contributed by atoms with E-state index in [1.165, 1.54) is 33.6 Å². The molecule has 1 aromatic carbocycles. The van der Waals surface area contributed by atoms with Gasteiger partial charge >= 0.3 is 0 Å². The normalized spacial score (nSPS) is 12.9. The number of carbonyl (C=O) groups excluding carboxylic acids is 1. The van der Waals surface area contributed by atoms with Crippen LogP contribution in [0.3, 0.4) is 0 Å². The zero-order valence-corrected chi connectivity index (χ0v) is 17.2. The highest BCUT2D eigenvalue weighted by Gasteiger charge is 2.21. The number of aryl methyl sites for hydroxylation is 5. The van der Waals surface area contributed by atoms with Crippen molar-refractivity contribution in [3.05, 3.63) is 61.5 Å². The van der Waals surface area contributed by atoms with E-state index in [0.29, 0.717) is 21.1 Å². The van der Waals surface area contributed by atoms with Gasteiger partial charge in [0.15, 0.2) is 0 Å². The topological polar surface area (TPSA) is 76.9 Å². The van der Waals surface area contributed by atoms with Gasteiger partial charge in [0.2, 0.25) is 0 Å². The molecule has 7 heteroatoms. The lowest BCUT2D eigenvalue weighted by molar-refractivity contribution is 0.103. The summed E-state index contributed by atoms with van der Waals surface area (Å²) in [5.41, 5.74) is 5.97. The number of amides is 1. The third-order valence-electron chi connectivity index (χ3n) is 5.30. The second-order valence-corrected chi connectivity index (χ2v) is 8.24. The van der Waals surface area contributed by atoms with Crippen molar-refractivity contribution >= 4 is 22.9 Å². The molecule has 0 unspecified atom stereocenters. The maximum absolute atomic E-state index is 12.8. The first kappa shape index (κ1) is 18.6. The number of hydrogen-bond donors (Lipinski definition) is 1. The fraction of sp³-hybridized carbons (Fsp3) is 0.333. The lowest BCUT2D eigenvalue weighted by atomic mass is 10.1. The van der Waals surface area contributed by atoms with Crippen LogP contribution in [0.4, 0.5) is 5.69 Å². The number of hydrogen-bond acceptors (Lipinski definition) is 5. The number of fused-ring (bicyclic) bond motifs is 1. The average Bonchev–Trinajstić information content (AvgIpc) is 3.26. The quantitative estimate of drug-likeness (QED) is 0.737. The smallest absolute Gasteiger partial charge is 0.277 e. The van der Waals surface area contributed by atoms with Crippen LogP contribution in [0.1, 0.15) is 44.2 Å². The average molecular weight is 395 g/mol. The lowest BCUT2D eigenvalue weighted by Crippen LogP contribution is -2.23. The molecule has 0 spiro atoms. The third kappa shape index (κ3) is 3.16. The van der Waals surface area contributed by atoms with Crippen LogP contribution in [0.15, 0.2) is 23.0 Å². The van der Waals surface area contributed by atoms with Gasteiger partial charge in [0.25, 0.3) is 11.5 Å². The third-order valence-corrected chi connectivity index (χ3v) is 6.47. The van der Waals surface area contributed by atoms with Gasteiger partial charge < -0.3 is 5.32 Å². The summed E-state index contributed by atoms with van der Waals surface area (Å²) in [6, 6.07) is 6.10. The maximum Gasteiger partial charge on any atom is 0.277 e. The van der Waals surface area contributed by atoms with E-state index in [1.807, 2.05) is 19.9 Å². The first-order valence-corrected chi connectivity index (χ1v) is 10.1. The molecule has 1 aliphatic carbocycles. The SMILES string of the molecule is Cc1nc(-c2c(C)c(C)nn(C)c2=O)sc1C(=O)Nc1ccc2c(c1)CCC2. The van der Waals surface area contributed by atoms with Crippen molar-refractivity contribution in [2.24, 2.45) is 7.05 Å². The van der Waals surface area contributed by atoms with Crippen LogP contribution in [-0.4, -0.2) is 20.7 Å². The Morgan fingerprint density at radius 1 is 1.14 bits per heavy atom. The Labute approximate surface area is 167 Å². The van der Waals surface area contributed by atoms with Gasteiger partial charge in [0.05, 0.1) is 17.0 Å². The predicted molar refractivity (Wildman–Crippen MR) is 111 cm³/mol. The number of aromatic nitrogens is 3. The molecule has 144 valence electrons. The summed E-state index contributed by atoms with van der Waals surface area (Å²) in [4.78, 5) is 30.5. The summed E-state index contributed by atoms with van der Waals surface area (Å²) in [7, 11) is 1.63. The fourth-order valence-corrected chi connectivity index (χ4v) is 4.71. The predicted octanol–water partition coefficient (Wildman–Crippen LogP) is 3.57. The molecule has 1 N–H and O–H groups in total. The van der Waals surface area contributed by atoms with Crippen LogP contribution in [0.5, 0.6) is 0 Å². The van der Waals surface area contributed by atoms with Crippen molar-refractivity contribution in [2.45, 2.75) is 40.0 Å². The van der Waals surface area contributed by atoms with Crippen LogP contribution >= 0.6 is 11.3 Å². The zero-order chi connectivity index (χ0) is 20.0. The van der Waals surface area contributed by atoms with Crippen LogP contribution in [0.2, 0.25) is 0 Å². The Bertz CT molecular complexity index is 1160. The lowest BCUT2D eigenvalue weighted by Gasteiger charge is -2.07. The molecule has 28 heavy (non-hydrogen) atoms. The molecule has 0 radical (unpaired) electrons. The second kappa shape index (κ2) is 6.98. The highest BCUT2D eigenvalue weighted by Crippen LogP contribution is 2.30. The summed E-state index contributed by atoms with van der Waals surface area (Å²) in [6.07, 6.45) is 3.34. The summed E-state index contributed by atoms with van der Waals surface area (Å²) in [6.45, 7) is 5.52. The number of anilines is 1. The number of thiazole rings is 1. The molecule has 0 bridgehead atoms. The van der Waals surface area contributed by atoms with Crippen molar-refractivity contribution in [2.75, 3.05) is 5.32 Å². The summed E-state index contributed by atoms with van der Waals surface area (Å²) >= 11 is 1.25. The standard InChI is InChI=1S/C21H22N4O2S/c1-11-12(2)24-25(4)21(27)17(11)20-22-13(3)18(28-20)19(26)23-16-9-8-14-6-5-7-15(14)10-16/h8-10H,5-7H2,1-4H3,(H,23,26). The molecule has 2 heterocycles. The Morgan fingerprint density at radius 2 is 1.89 bits per heavy atom. The van der Waals surface area contributed by atoms with Gasteiger partial charge in [0.1, 0.15) is 9.88 Å². The molecule has 0 saturated heterocycles. The first-order chi connectivity index (χ1) is 13.3. The van der Waals surface area contributed by atoms with Gasteiger partial charge in [-0.15, -0.1) is 11.3 Å². The van der Waals surface area contributed by atoms with E-state index >= 15 is 0 Å². The van der Waals surface area contributed by atoms with Crippen molar-refractivity contribution < 1.29 is 4.79 Å². The van der Waals surface area contributed by atoms with E-state index < -0.39 is 0 Å². The van der Waals surface area contributed by atoms with Crippen LogP contribution < -0.4 is 10.9 Å². The van der Waals surface area contributed by atoms with Gasteiger partial charge in [-0.2, -0.15) is 5.10 Å². The molecular formula is C21H22N4O2S. The minimum Gasteiger partial charge on any atom is -0.321 e. The summed E-state index contributed by atoms with van der Waals surface area (Å²) in [5.74, 6) is -0.195. The molecule has 0 saturated carbocycles. The minimum atomic E-state index is -0.206. The maximum atomic E-state index is 12.8. The molecule has 0 atom stereocenters. The molecule has 1 amide bonds. The molecule has 2 aromatic heterocycles. The number of carbonyl (C=O) groups is 1. The van der Waals surface area contributed by atoms with Gasteiger partial charge in [-0.25, -0.2) is 9.67 Å². The molecule has 0 fully saturated rings.